The largest absolute Gasteiger partial charge is 0.481 e. The van der Waals surface area contributed by atoms with Crippen molar-refractivity contribution in [1.82, 2.24) is 9.78 Å². The summed E-state index contributed by atoms with van der Waals surface area (Å²) in [4.78, 5) is 27.2. The zero-order valence-corrected chi connectivity index (χ0v) is 19.0. The van der Waals surface area contributed by atoms with Crippen molar-refractivity contribution in [3.8, 4) is 0 Å². The van der Waals surface area contributed by atoms with E-state index >= 15 is 0 Å². The number of aliphatic carboxylic acids is 1. The summed E-state index contributed by atoms with van der Waals surface area (Å²) in [5.41, 5.74) is -0.197. The molecule has 0 amide bonds. The lowest BCUT2D eigenvalue weighted by Crippen LogP contribution is -2.59. The number of rotatable bonds is 4. The average Bonchev–Trinajstić information content (AvgIpc) is 3.17. The number of carboxylic acid groups (broad SMARTS) is 1. The van der Waals surface area contributed by atoms with E-state index in [4.69, 9.17) is 21.1 Å². The van der Waals surface area contributed by atoms with Gasteiger partial charge in [0.25, 0.3) is 5.56 Å². The van der Waals surface area contributed by atoms with Gasteiger partial charge in [-0.1, -0.05) is 11.6 Å². The summed E-state index contributed by atoms with van der Waals surface area (Å²) in [5, 5.41) is 14.4. The molecule has 4 aliphatic carbocycles. The van der Waals surface area contributed by atoms with Crippen LogP contribution in [-0.2, 0) is 19.8 Å². The highest BCUT2D eigenvalue weighted by Gasteiger charge is 2.59. The van der Waals surface area contributed by atoms with E-state index in [2.05, 4.69) is 10.00 Å². The van der Waals surface area contributed by atoms with E-state index < -0.39 is 17.3 Å². The molecule has 2 saturated heterocycles. The molecule has 1 aromatic rings. The minimum absolute atomic E-state index is 0.183. The van der Waals surface area contributed by atoms with E-state index in [-0.39, 0.29) is 22.4 Å². The summed E-state index contributed by atoms with van der Waals surface area (Å²) in [6, 6.07) is 0. The highest BCUT2D eigenvalue weighted by Crippen LogP contribution is 2.65. The Morgan fingerprint density at radius 3 is 2.44 bits per heavy atom. The predicted octanol–water partition coefficient (Wildman–Crippen LogP) is 3.01. The van der Waals surface area contributed by atoms with Gasteiger partial charge in [-0.15, -0.1) is 0 Å². The molecule has 1 aromatic heterocycles. The van der Waals surface area contributed by atoms with Gasteiger partial charge in [-0.25, -0.2) is 4.68 Å². The van der Waals surface area contributed by atoms with Crippen LogP contribution in [0.3, 0.4) is 0 Å². The molecule has 174 valence electrons. The number of halogens is 1. The molecule has 9 heteroatoms. The lowest BCUT2D eigenvalue weighted by Gasteiger charge is -2.61. The van der Waals surface area contributed by atoms with Gasteiger partial charge in [0.2, 0.25) is 0 Å². The van der Waals surface area contributed by atoms with Crippen molar-refractivity contribution in [3.05, 3.63) is 21.6 Å². The number of hydrogen-bond acceptors (Lipinski definition) is 6. The first kappa shape index (κ1) is 20.9. The first-order valence-electron chi connectivity index (χ1n) is 11.8. The molecule has 4 saturated carbocycles. The van der Waals surface area contributed by atoms with Crippen LogP contribution >= 0.6 is 11.6 Å². The minimum atomic E-state index is -0.742. The van der Waals surface area contributed by atoms with Gasteiger partial charge in [0.1, 0.15) is 5.02 Å². The molecule has 1 spiro atoms. The fraction of sp³-hybridized carbons (Fsp3) is 0.783. The number of hydrogen-bond donors (Lipinski definition) is 1. The van der Waals surface area contributed by atoms with Crippen molar-refractivity contribution >= 4 is 23.3 Å². The zero-order valence-electron chi connectivity index (χ0n) is 18.2. The van der Waals surface area contributed by atoms with Crippen molar-refractivity contribution in [2.75, 3.05) is 31.2 Å². The third kappa shape index (κ3) is 3.21. The van der Waals surface area contributed by atoms with Crippen molar-refractivity contribution < 1.29 is 19.4 Å². The standard InChI is InChI=1S/C23H30ClN3O5/c24-19-17(26-3-1-23(2-4-26)31-5-6-32-23)13-25-27(20(19)30)22-10-15-7-16(11-22)9-21(8-15,14-22)12-18(28)29/h13,15-16H,1-12,14H2,(H,28,29)/t15-,16+,21?,22?. The summed E-state index contributed by atoms with van der Waals surface area (Å²) < 4.78 is 13.2. The second-order valence-electron chi connectivity index (χ2n) is 10.9. The maximum Gasteiger partial charge on any atom is 0.303 e. The molecule has 0 radical (unpaired) electrons. The fourth-order valence-corrected chi connectivity index (χ4v) is 8.28. The number of piperidine rings is 1. The maximum absolute atomic E-state index is 13.5. The second-order valence-corrected chi connectivity index (χ2v) is 11.3. The first-order chi connectivity index (χ1) is 15.3. The highest BCUT2D eigenvalue weighted by atomic mass is 35.5. The lowest BCUT2D eigenvalue weighted by molar-refractivity contribution is -0.169. The van der Waals surface area contributed by atoms with Gasteiger partial charge < -0.3 is 19.5 Å². The maximum atomic E-state index is 13.5. The Balaban J connectivity index is 1.29. The van der Waals surface area contributed by atoms with Gasteiger partial charge in [0.15, 0.2) is 5.79 Å². The van der Waals surface area contributed by atoms with E-state index in [1.54, 1.807) is 10.9 Å². The van der Waals surface area contributed by atoms with E-state index in [0.717, 1.165) is 44.9 Å². The van der Waals surface area contributed by atoms with Crippen LogP contribution in [-0.4, -0.2) is 52.9 Å². The average molecular weight is 464 g/mol. The van der Waals surface area contributed by atoms with E-state index in [1.165, 1.54) is 0 Å². The van der Waals surface area contributed by atoms with Crippen molar-refractivity contribution in [2.45, 2.75) is 69.1 Å². The van der Waals surface area contributed by atoms with Gasteiger partial charge in [-0.2, -0.15) is 5.10 Å². The van der Waals surface area contributed by atoms with Gasteiger partial charge in [0.05, 0.1) is 37.1 Å². The molecule has 1 N–H and O–H groups in total. The number of anilines is 1. The Kier molecular flexibility index (Phi) is 4.69. The number of ether oxygens (including phenoxy) is 2. The number of carboxylic acids is 1. The molecule has 4 bridgehead atoms. The van der Waals surface area contributed by atoms with E-state index in [0.29, 0.717) is 50.2 Å². The molecule has 4 atom stereocenters. The summed E-state index contributed by atoms with van der Waals surface area (Å²) in [6.45, 7) is 2.65. The SMILES string of the molecule is O=C(O)CC12C[C@H]3C[C@@H](C1)CC(n1ncc(N4CCC5(CC4)OCCO5)c(Cl)c1=O)(C3)C2. The van der Waals surface area contributed by atoms with Crippen LogP contribution in [0.5, 0.6) is 0 Å². The van der Waals surface area contributed by atoms with E-state index in [9.17, 15) is 14.7 Å². The Hall–Kier alpha value is -1.64. The third-order valence-corrected chi connectivity index (χ3v) is 9.06. The molecule has 32 heavy (non-hydrogen) atoms. The quantitative estimate of drug-likeness (QED) is 0.733. The van der Waals surface area contributed by atoms with Crippen LogP contribution in [0.4, 0.5) is 5.69 Å². The monoisotopic (exact) mass is 463 g/mol. The minimum Gasteiger partial charge on any atom is -0.481 e. The summed E-state index contributed by atoms with van der Waals surface area (Å²) >= 11 is 6.67. The second kappa shape index (κ2) is 7.18. The summed E-state index contributed by atoms with van der Waals surface area (Å²) in [7, 11) is 0. The first-order valence-corrected chi connectivity index (χ1v) is 12.2. The fourth-order valence-electron chi connectivity index (χ4n) is 8.03. The molecule has 6 fully saturated rings. The Morgan fingerprint density at radius 1 is 1.16 bits per heavy atom. The van der Waals surface area contributed by atoms with Gasteiger partial charge in [0, 0.05) is 25.9 Å². The third-order valence-electron chi connectivity index (χ3n) is 8.71. The normalized spacial score (nSPS) is 37.3. The molecule has 3 heterocycles. The zero-order chi connectivity index (χ0) is 22.1. The smallest absolute Gasteiger partial charge is 0.303 e. The van der Waals surface area contributed by atoms with Crippen LogP contribution in [0.15, 0.2) is 11.0 Å². The molecule has 8 nitrogen and oxygen atoms in total. The van der Waals surface area contributed by atoms with Crippen molar-refractivity contribution in [1.29, 1.82) is 0 Å². The Morgan fingerprint density at radius 2 is 1.81 bits per heavy atom. The lowest BCUT2D eigenvalue weighted by atomic mass is 9.46. The molecule has 2 unspecified atom stereocenters. The van der Waals surface area contributed by atoms with Crippen LogP contribution in [0, 0.1) is 17.3 Å². The summed E-state index contributed by atoms with van der Waals surface area (Å²) in [5.74, 6) is -0.294. The van der Waals surface area contributed by atoms with Crippen LogP contribution in [0.2, 0.25) is 5.02 Å². The molecule has 2 aliphatic heterocycles. The molecule has 6 aliphatic rings. The van der Waals surface area contributed by atoms with Crippen LogP contribution in [0.1, 0.15) is 57.8 Å². The van der Waals surface area contributed by atoms with Gasteiger partial charge in [-0.05, 0) is 55.8 Å². The number of carbonyl (C=O) groups is 1. The molecular formula is C23H30ClN3O5. The highest BCUT2D eigenvalue weighted by molar-refractivity contribution is 6.33. The van der Waals surface area contributed by atoms with Crippen LogP contribution in [0.25, 0.3) is 0 Å². The van der Waals surface area contributed by atoms with E-state index in [1.807, 2.05) is 0 Å². The predicted molar refractivity (Wildman–Crippen MR) is 117 cm³/mol. The van der Waals surface area contributed by atoms with Gasteiger partial charge in [-0.3, -0.25) is 9.59 Å². The number of nitrogens with zero attached hydrogens (tertiary/aromatic N) is 3. The number of aromatic nitrogens is 2. The van der Waals surface area contributed by atoms with Crippen molar-refractivity contribution in [2.24, 2.45) is 17.3 Å². The van der Waals surface area contributed by atoms with Crippen LogP contribution < -0.4 is 10.5 Å². The molecular weight excluding hydrogens is 434 g/mol. The molecule has 0 aromatic carbocycles. The Bertz CT molecular complexity index is 980. The Labute approximate surface area is 191 Å². The topological polar surface area (TPSA) is 93.9 Å². The van der Waals surface area contributed by atoms with Gasteiger partial charge >= 0.3 is 5.97 Å². The van der Waals surface area contributed by atoms with Crippen molar-refractivity contribution in [3.63, 3.8) is 0 Å². The molecule has 7 rings (SSSR count). The summed E-state index contributed by atoms with van der Waals surface area (Å²) in [6.07, 6.45) is 8.95.